The monoisotopic (exact) mass is 283 g/mol. The van der Waals surface area contributed by atoms with E-state index in [9.17, 15) is 0 Å². The van der Waals surface area contributed by atoms with Gasteiger partial charge in [-0.15, -0.1) is 12.4 Å². The topological polar surface area (TPSA) is 27.7 Å². The molecule has 0 atom stereocenters. The number of nitrogens with one attached hydrogen (secondary N) is 1. The van der Waals surface area contributed by atoms with Crippen molar-refractivity contribution in [3.63, 3.8) is 0 Å². The summed E-state index contributed by atoms with van der Waals surface area (Å²) >= 11 is 0. The molecule has 3 rings (SSSR count). The number of hydrogen-bond donors (Lipinski definition) is 1. The summed E-state index contributed by atoms with van der Waals surface area (Å²) in [5.74, 6) is 0.983. The van der Waals surface area contributed by atoms with Crippen LogP contribution in [-0.2, 0) is 0 Å². The zero-order valence-electron chi connectivity index (χ0n) is 11.3. The molecule has 1 aromatic rings. The molecule has 0 unspecified atom stereocenters. The minimum absolute atomic E-state index is 0. The molecular formula is C14H22ClN3O. The molecule has 2 aliphatic heterocycles. The van der Waals surface area contributed by atoms with Gasteiger partial charge in [-0.3, -0.25) is 4.90 Å². The molecule has 0 spiro atoms. The van der Waals surface area contributed by atoms with E-state index < -0.39 is 0 Å². The van der Waals surface area contributed by atoms with E-state index in [-0.39, 0.29) is 12.4 Å². The van der Waals surface area contributed by atoms with Gasteiger partial charge in [0.1, 0.15) is 5.75 Å². The predicted octanol–water partition coefficient (Wildman–Crippen LogP) is 1.21. The number of anilines is 1. The van der Waals surface area contributed by atoms with Crippen LogP contribution in [-0.4, -0.2) is 57.3 Å². The lowest BCUT2D eigenvalue weighted by molar-refractivity contribution is 0.138. The van der Waals surface area contributed by atoms with Crippen LogP contribution >= 0.6 is 12.4 Å². The van der Waals surface area contributed by atoms with Gasteiger partial charge in [-0.05, 0) is 12.1 Å². The largest absolute Gasteiger partial charge is 0.495 e. The summed E-state index contributed by atoms with van der Waals surface area (Å²) in [4.78, 5) is 5.03. The Morgan fingerprint density at radius 2 is 1.79 bits per heavy atom. The average Bonchev–Trinajstić information content (AvgIpc) is 2.38. The minimum atomic E-state index is 0. The fourth-order valence-corrected chi connectivity index (χ4v) is 2.75. The number of para-hydroxylation sites is 2. The van der Waals surface area contributed by atoms with Crippen molar-refractivity contribution in [2.75, 3.05) is 51.3 Å². The highest BCUT2D eigenvalue weighted by atomic mass is 35.5. The predicted molar refractivity (Wildman–Crippen MR) is 80.7 cm³/mol. The second-order valence-electron chi connectivity index (χ2n) is 5.01. The fourth-order valence-electron chi connectivity index (χ4n) is 2.75. The number of methoxy groups -OCH3 is 1. The van der Waals surface area contributed by atoms with Crippen molar-refractivity contribution in [1.82, 2.24) is 10.2 Å². The van der Waals surface area contributed by atoms with Crippen molar-refractivity contribution in [1.29, 1.82) is 0 Å². The molecule has 2 fully saturated rings. The molecule has 106 valence electrons. The summed E-state index contributed by atoms with van der Waals surface area (Å²) < 4.78 is 5.44. The molecule has 1 N–H and O–H groups in total. The van der Waals surface area contributed by atoms with Gasteiger partial charge < -0.3 is 15.0 Å². The molecule has 0 aromatic heterocycles. The Hall–Kier alpha value is -0.970. The summed E-state index contributed by atoms with van der Waals surface area (Å²) in [6, 6.07) is 9.07. The molecule has 0 saturated carbocycles. The first-order chi connectivity index (χ1) is 8.88. The smallest absolute Gasteiger partial charge is 0.142 e. The van der Waals surface area contributed by atoms with Crippen molar-refractivity contribution < 1.29 is 4.74 Å². The van der Waals surface area contributed by atoms with E-state index in [1.807, 2.05) is 12.1 Å². The maximum atomic E-state index is 5.44. The number of benzene rings is 1. The molecule has 0 amide bonds. The van der Waals surface area contributed by atoms with Crippen LogP contribution in [0.15, 0.2) is 24.3 Å². The standard InChI is InChI=1S/C14H21N3O.ClH/c1-18-14-5-3-2-4-13(14)17-8-6-16(7-9-17)12-10-15-11-12;/h2-5,12,15H,6-11H2,1H3;1H. The lowest BCUT2D eigenvalue weighted by Gasteiger charge is -2.44. The van der Waals surface area contributed by atoms with Crippen LogP contribution in [0.3, 0.4) is 0 Å². The zero-order chi connectivity index (χ0) is 12.4. The van der Waals surface area contributed by atoms with Gasteiger partial charge >= 0.3 is 0 Å². The van der Waals surface area contributed by atoms with Crippen LogP contribution < -0.4 is 15.0 Å². The van der Waals surface area contributed by atoms with Gasteiger partial charge in [0.2, 0.25) is 0 Å². The highest BCUT2D eigenvalue weighted by Gasteiger charge is 2.28. The van der Waals surface area contributed by atoms with Crippen molar-refractivity contribution >= 4 is 18.1 Å². The van der Waals surface area contributed by atoms with Gasteiger partial charge in [0, 0.05) is 45.3 Å². The third-order valence-electron chi connectivity index (χ3n) is 4.02. The molecule has 0 bridgehead atoms. The molecule has 4 nitrogen and oxygen atoms in total. The van der Waals surface area contributed by atoms with Gasteiger partial charge in [0.15, 0.2) is 0 Å². The molecule has 1 aromatic carbocycles. The van der Waals surface area contributed by atoms with E-state index in [1.54, 1.807) is 7.11 Å². The summed E-state index contributed by atoms with van der Waals surface area (Å²) in [7, 11) is 1.75. The van der Waals surface area contributed by atoms with Gasteiger partial charge in [-0.1, -0.05) is 12.1 Å². The molecule has 0 radical (unpaired) electrons. The second kappa shape index (κ2) is 6.46. The Morgan fingerprint density at radius 3 is 2.37 bits per heavy atom. The first kappa shape index (κ1) is 14.4. The number of nitrogens with zero attached hydrogens (tertiary/aromatic N) is 2. The van der Waals surface area contributed by atoms with Crippen molar-refractivity contribution in [2.24, 2.45) is 0 Å². The van der Waals surface area contributed by atoms with Crippen LogP contribution in [0.25, 0.3) is 0 Å². The van der Waals surface area contributed by atoms with E-state index in [0.717, 1.165) is 51.1 Å². The maximum Gasteiger partial charge on any atom is 0.142 e. The van der Waals surface area contributed by atoms with Gasteiger partial charge in [-0.25, -0.2) is 0 Å². The Morgan fingerprint density at radius 1 is 1.11 bits per heavy atom. The van der Waals surface area contributed by atoms with E-state index >= 15 is 0 Å². The fraction of sp³-hybridized carbons (Fsp3) is 0.571. The van der Waals surface area contributed by atoms with Gasteiger partial charge in [0.25, 0.3) is 0 Å². The minimum Gasteiger partial charge on any atom is -0.495 e. The molecule has 2 saturated heterocycles. The summed E-state index contributed by atoms with van der Waals surface area (Å²) in [6.07, 6.45) is 0. The van der Waals surface area contributed by atoms with Crippen LogP contribution in [0.1, 0.15) is 0 Å². The third kappa shape index (κ3) is 2.96. The Balaban J connectivity index is 0.00000133. The molecular weight excluding hydrogens is 262 g/mol. The SMILES string of the molecule is COc1ccccc1N1CCN(C2CNC2)CC1.Cl. The van der Waals surface area contributed by atoms with Crippen LogP contribution in [0.4, 0.5) is 5.69 Å². The number of rotatable bonds is 3. The lowest BCUT2D eigenvalue weighted by atomic mass is 10.1. The van der Waals surface area contributed by atoms with Gasteiger partial charge in [0.05, 0.1) is 12.8 Å². The number of ether oxygens (including phenoxy) is 1. The van der Waals surface area contributed by atoms with Crippen LogP contribution in [0, 0.1) is 0 Å². The highest BCUT2D eigenvalue weighted by Crippen LogP contribution is 2.28. The maximum absolute atomic E-state index is 5.44. The molecule has 5 heteroatoms. The lowest BCUT2D eigenvalue weighted by Crippen LogP contribution is -2.61. The summed E-state index contributed by atoms with van der Waals surface area (Å²) in [5.41, 5.74) is 1.23. The van der Waals surface area contributed by atoms with E-state index in [0.29, 0.717) is 0 Å². The van der Waals surface area contributed by atoms with E-state index in [4.69, 9.17) is 4.74 Å². The number of piperazine rings is 1. The molecule has 0 aliphatic carbocycles. The van der Waals surface area contributed by atoms with Crippen molar-refractivity contribution in [2.45, 2.75) is 6.04 Å². The quantitative estimate of drug-likeness (QED) is 0.903. The second-order valence-corrected chi connectivity index (χ2v) is 5.01. The average molecular weight is 284 g/mol. The summed E-state index contributed by atoms with van der Waals surface area (Å²) in [6.45, 7) is 6.83. The Labute approximate surface area is 121 Å². The number of halogens is 1. The molecule has 2 aliphatic rings. The Kier molecular flexibility index (Phi) is 4.91. The normalized spacial score (nSPS) is 20.6. The first-order valence-electron chi connectivity index (χ1n) is 6.71. The van der Waals surface area contributed by atoms with Crippen molar-refractivity contribution in [3.05, 3.63) is 24.3 Å². The van der Waals surface area contributed by atoms with E-state index in [1.165, 1.54) is 5.69 Å². The zero-order valence-corrected chi connectivity index (χ0v) is 12.2. The van der Waals surface area contributed by atoms with Crippen molar-refractivity contribution in [3.8, 4) is 5.75 Å². The number of hydrogen-bond acceptors (Lipinski definition) is 4. The Bertz CT molecular complexity index is 403. The first-order valence-corrected chi connectivity index (χ1v) is 6.71. The van der Waals surface area contributed by atoms with E-state index in [2.05, 4.69) is 27.2 Å². The molecule has 2 heterocycles. The third-order valence-corrected chi connectivity index (χ3v) is 4.02. The van der Waals surface area contributed by atoms with Crippen LogP contribution in [0.5, 0.6) is 5.75 Å². The summed E-state index contributed by atoms with van der Waals surface area (Å²) in [5, 5.41) is 3.34. The van der Waals surface area contributed by atoms with Crippen LogP contribution in [0.2, 0.25) is 0 Å². The van der Waals surface area contributed by atoms with Gasteiger partial charge in [-0.2, -0.15) is 0 Å². The highest BCUT2D eigenvalue weighted by molar-refractivity contribution is 5.85. The molecule has 19 heavy (non-hydrogen) atoms.